The molecule has 0 amide bonds. The molecule has 0 aliphatic carbocycles. The molecule has 0 radical (unpaired) electrons. The Labute approximate surface area is 70.2 Å². The van der Waals surface area contributed by atoms with Crippen LogP contribution in [-0.2, 0) is 0 Å². The summed E-state index contributed by atoms with van der Waals surface area (Å²) >= 11 is 5.62. The minimum Gasteiger partial charge on any atom is -0.392 e. The van der Waals surface area contributed by atoms with Crippen molar-refractivity contribution in [2.75, 3.05) is 6.61 Å². The molecule has 0 fully saturated rings. The van der Waals surface area contributed by atoms with E-state index in [0.717, 1.165) is 5.69 Å². The molecular formula is C8H8ClNO. The number of halogens is 1. The summed E-state index contributed by atoms with van der Waals surface area (Å²) < 4.78 is 0. The molecule has 1 aromatic heterocycles. The molecule has 11 heavy (non-hydrogen) atoms. The quantitative estimate of drug-likeness (QED) is 0.685. The van der Waals surface area contributed by atoms with Gasteiger partial charge in [-0.05, 0) is 18.2 Å². The second kappa shape index (κ2) is 4.11. The average molecular weight is 170 g/mol. The molecule has 0 saturated heterocycles. The molecule has 1 heterocycles. The smallest absolute Gasteiger partial charge is 0.129 e. The minimum atomic E-state index is 0.0220. The lowest BCUT2D eigenvalue weighted by molar-refractivity contribution is 0.343. The van der Waals surface area contributed by atoms with Gasteiger partial charge in [-0.25, -0.2) is 4.98 Å². The van der Waals surface area contributed by atoms with Gasteiger partial charge in [0.2, 0.25) is 0 Å². The zero-order chi connectivity index (χ0) is 8.10. The molecule has 0 atom stereocenters. The highest BCUT2D eigenvalue weighted by Crippen LogP contribution is 2.05. The summed E-state index contributed by atoms with van der Waals surface area (Å²) in [4.78, 5) is 3.98. The van der Waals surface area contributed by atoms with E-state index in [2.05, 4.69) is 4.98 Å². The lowest BCUT2D eigenvalue weighted by Crippen LogP contribution is -1.80. The summed E-state index contributed by atoms with van der Waals surface area (Å²) in [7, 11) is 0. The zero-order valence-corrected chi connectivity index (χ0v) is 6.62. The van der Waals surface area contributed by atoms with E-state index in [1.54, 1.807) is 18.2 Å². The van der Waals surface area contributed by atoms with Crippen LogP contribution in [0.15, 0.2) is 24.3 Å². The third-order valence-corrected chi connectivity index (χ3v) is 1.34. The van der Waals surface area contributed by atoms with E-state index >= 15 is 0 Å². The number of rotatable bonds is 2. The minimum absolute atomic E-state index is 0.0220. The van der Waals surface area contributed by atoms with Crippen LogP contribution in [0.2, 0.25) is 5.15 Å². The molecule has 1 rings (SSSR count). The van der Waals surface area contributed by atoms with Gasteiger partial charge in [0, 0.05) is 0 Å². The molecule has 0 saturated carbocycles. The second-order valence-electron chi connectivity index (χ2n) is 1.97. The molecule has 3 heteroatoms. The number of hydrogen-bond donors (Lipinski definition) is 1. The first-order chi connectivity index (χ1) is 5.33. The summed E-state index contributed by atoms with van der Waals surface area (Å²) in [6.45, 7) is 0.0220. The van der Waals surface area contributed by atoms with Gasteiger partial charge < -0.3 is 5.11 Å². The summed E-state index contributed by atoms with van der Waals surface area (Å²) in [6.07, 6.45) is 3.32. The summed E-state index contributed by atoms with van der Waals surface area (Å²) in [5, 5.41) is 8.91. The maximum Gasteiger partial charge on any atom is 0.129 e. The van der Waals surface area contributed by atoms with Gasteiger partial charge in [0.1, 0.15) is 5.15 Å². The molecule has 1 aromatic rings. The molecule has 0 aliphatic rings. The third kappa shape index (κ3) is 2.70. The number of aliphatic hydroxyl groups excluding tert-OH is 1. The number of pyridine rings is 1. The molecular weight excluding hydrogens is 162 g/mol. The number of aromatic nitrogens is 1. The van der Waals surface area contributed by atoms with E-state index in [1.165, 1.54) is 0 Å². The van der Waals surface area contributed by atoms with Gasteiger partial charge in [-0.1, -0.05) is 23.7 Å². The van der Waals surface area contributed by atoms with Crippen LogP contribution in [0.25, 0.3) is 6.08 Å². The van der Waals surface area contributed by atoms with Gasteiger partial charge in [-0.2, -0.15) is 0 Å². The summed E-state index contributed by atoms with van der Waals surface area (Å²) in [6, 6.07) is 5.34. The van der Waals surface area contributed by atoms with E-state index in [0.29, 0.717) is 5.15 Å². The van der Waals surface area contributed by atoms with Gasteiger partial charge in [0.15, 0.2) is 0 Å². The molecule has 0 aliphatic heterocycles. The first-order valence-corrected chi connectivity index (χ1v) is 3.60. The van der Waals surface area contributed by atoms with Gasteiger partial charge in [-0.15, -0.1) is 0 Å². The fraction of sp³-hybridized carbons (Fsp3) is 0.125. The van der Waals surface area contributed by atoms with Crippen molar-refractivity contribution in [1.82, 2.24) is 4.98 Å². The highest BCUT2D eigenvalue weighted by atomic mass is 35.5. The summed E-state index contributed by atoms with van der Waals surface area (Å²) in [5.74, 6) is 0. The largest absolute Gasteiger partial charge is 0.392 e. The van der Waals surface area contributed by atoms with Gasteiger partial charge in [0.05, 0.1) is 12.3 Å². The van der Waals surface area contributed by atoms with Crippen LogP contribution in [0, 0.1) is 0 Å². The SMILES string of the molecule is OC/C=C/c1cccc(Cl)n1. The molecule has 2 nitrogen and oxygen atoms in total. The fourth-order valence-electron chi connectivity index (χ4n) is 0.690. The standard InChI is InChI=1S/C8H8ClNO/c9-8-5-1-3-7(10-8)4-2-6-11/h1-5,11H,6H2/b4-2+. The Hall–Kier alpha value is -0.860. The van der Waals surface area contributed by atoms with Crippen LogP contribution in [0.5, 0.6) is 0 Å². The predicted molar refractivity (Wildman–Crippen MR) is 45.4 cm³/mol. The van der Waals surface area contributed by atoms with E-state index in [9.17, 15) is 0 Å². The molecule has 1 N–H and O–H groups in total. The van der Waals surface area contributed by atoms with Gasteiger partial charge in [-0.3, -0.25) is 0 Å². The molecule has 0 aromatic carbocycles. The van der Waals surface area contributed by atoms with Crippen LogP contribution >= 0.6 is 11.6 Å². The topological polar surface area (TPSA) is 33.1 Å². The van der Waals surface area contributed by atoms with Crippen molar-refractivity contribution in [2.24, 2.45) is 0 Å². The van der Waals surface area contributed by atoms with Crippen molar-refractivity contribution >= 4 is 17.7 Å². The molecule has 0 spiro atoms. The Morgan fingerprint density at radius 3 is 3.00 bits per heavy atom. The van der Waals surface area contributed by atoms with E-state index < -0.39 is 0 Å². The predicted octanol–water partition coefficient (Wildman–Crippen LogP) is 1.74. The van der Waals surface area contributed by atoms with E-state index in [1.807, 2.05) is 12.1 Å². The highest BCUT2D eigenvalue weighted by Gasteiger charge is 1.88. The fourth-order valence-corrected chi connectivity index (χ4v) is 0.861. The normalized spacial score (nSPS) is 10.7. The number of nitrogens with zero attached hydrogens (tertiary/aromatic N) is 1. The van der Waals surface area contributed by atoms with Crippen molar-refractivity contribution in [3.63, 3.8) is 0 Å². The lowest BCUT2D eigenvalue weighted by Gasteiger charge is -1.91. The van der Waals surface area contributed by atoms with Crippen LogP contribution < -0.4 is 0 Å². The van der Waals surface area contributed by atoms with Crippen molar-refractivity contribution in [3.8, 4) is 0 Å². The zero-order valence-electron chi connectivity index (χ0n) is 5.87. The molecule has 0 unspecified atom stereocenters. The maximum atomic E-state index is 8.45. The Morgan fingerprint density at radius 2 is 2.36 bits per heavy atom. The number of aliphatic hydroxyl groups is 1. The third-order valence-electron chi connectivity index (χ3n) is 1.13. The van der Waals surface area contributed by atoms with Crippen LogP contribution in [0.4, 0.5) is 0 Å². The molecule has 0 bridgehead atoms. The lowest BCUT2D eigenvalue weighted by atomic mass is 10.3. The Bertz CT molecular complexity index is 260. The van der Waals surface area contributed by atoms with Crippen molar-refractivity contribution in [2.45, 2.75) is 0 Å². The maximum absolute atomic E-state index is 8.45. The Morgan fingerprint density at radius 1 is 1.55 bits per heavy atom. The molecule has 58 valence electrons. The van der Waals surface area contributed by atoms with Crippen molar-refractivity contribution < 1.29 is 5.11 Å². The van der Waals surface area contributed by atoms with Gasteiger partial charge >= 0.3 is 0 Å². The Balaban J connectivity index is 2.79. The van der Waals surface area contributed by atoms with Crippen molar-refractivity contribution in [3.05, 3.63) is 35.1 Å². The van der Waals surface area contributed by atoms with Crippen LogP contribution in [-0.4, -0.2) is 16.7 Å². The number of hydrogen-bond acceptors (Lipinski definition) is 2. The van der Waals surface area contributed by atoms with Crippen LogP contribution in [0.1, 0.15) is 5.69 Å². The Kier molecular flexibility index (Phi) is 3.08. The highest BCUT2D eigenvalue weighted by molar-refractivity contribution is 6.29. The van der Waals surface area contributed by atoms with Gasteiger partial charge in [0.25, 0.3) is 0 Å². The monoisotopic (exact) mass is 169 g/mol. The first-order valence-electron chi connectivity index (χ1n) is 3.23. The van der Waals surface area contributed by atoms with E-state index in [4.69, 9.17) is 16.7 Å². The first kappa shape index (κ1) is 8.24. The van der Waals surface area contributed by atoms with Crippen molar-refractivity contribution in [1.29, 1.82) is 0 Å². The van der Waals surface area contributed by atoms with Crippen LogP contribution in [0.3, 0.4) is 0 Å². The average Bonchev–Trinajstić information content (AvgIpc) is 2.01. The summed E-state index contributed by atoms with van der Waals surface area (Å²) in [5.41, 5.74) is 0.756. The van der Waals surface area contributed by atoms with E-state index in [-0.39, 0.29) is 6.61 Å². The second-order valence-corrected chi connectivity index (χ2v) is 2.36.